The first kappa shape index (κ1) is 12.3. The van der Waals surface area contributed by atoms with Gasteiger partial charge in [-0.15, -0.1) is 0 Å². The van der Waals surface area contributed by atoms with Gasteiger partial charge in [0.15, 0.2) is 0 Å². The zero-order valence-electron chi connectivity index (χ0n) is 10.6. The monoisotopic (exact) mass is 226 g/mol. The summed E-state index contributed by atoms with van der Waals surface area (Å²) >= 11 is 0. The lowest BCUT2D eigenvalue weighted by Crippen LogP contribution is -2.41. The molecule has 16 heavy (non-hydrogen) atoms. The highest BCUT2D eigenvalue weighted by molar-refractivity contribution is 4.77. The van der Waals surface area contributed by atoms with E-state index in [0.717, 1.165) is 31.6 Å². The highest BCUT2D eigenvalue weighted by Crippen LogP contribution is 2.20. The van der Waals surface area contributed by atoms with Gasteiger partial charge in [-0.2, -0.15) is 0 Å². The average molecular weight is 226 g/mol. The second kappa shape index (κ2) is 6.58. The van der Waals surface area contributed by atoms with E-state index in [9.17, 15) is 0 Å². The Morgan fingerprint density at radius 1 is 1.31 bits per heavy atom. The van der Waals surface area contributed by atoms with E-state index in [0.29, 0.717) is 0 Å². The van der Waals surface area contributed by atoms with Crippen LogP contribution < -0.4 is 5.32 Å². The van der Waals surface area contributed by atoms with E-state index in [1.54, 1.807) is 0 Å². The fourth-order valence-electron chi connectivity index (χ4n) is 2.92. The number of hydrogen-bond acceptors (Lipinski definition) is 3. The van der Waals surface area contributed by atoms with Crippen molar-refractivity contribution in [2.24, 2.45) is 11.8 Å². The maximum atomic E-state index is 5.45. The largest absolute Gasteiger partial charge is 0.381 e. The number of ether oxygens (including phenoxy) is 1. The summed E-state index contributed by atoms with van der Waals surface area (Å²) in [6.07, 6.45) is 4.06. The van der Waals surface area contributed by atoms with Crippen LogP contribution in [0.1, 0.15) is 26.2 Å². The van der Waals surface area contributed by atoms with Gasteiger partial charge >= 0.3 is 0 Å². The summed E-state index contributed by atoms with van der Waals surface area (Å²) in [5.74, 6) is 1.67. The van der Waals surface area contributed by atoms with Gasteiger partial charge in [0.1, 0.15) is 0 Å². The quantitative estimate of drug-likeness (QED) is 0.766. The van der Waals surface area contributed by atoms with E-state index in [1.165, 1.54) is 45.4 Å². The first-order chi connectivity index (χ1) is 7.88. The topological polar surface area (TPSA) is 24.5 Å². The van der Waals surface area contributed by atoms with Gasteiger partial charge < -0.3 is 15.0 Å². The summed E-state index contributed by atoms with van der Waals surface area (Å²) in [5.41, 5.74) is 0. The van der Waals surface area contributed by atoms with Crippen molar-refractivity contribution in [2.75, 3.05) is 45.9 Å². The summed E-state index contributed by atoms with van der Waals surface area (Å²) < 4.78 is 5.45. The number of hydrogen-bond donors (Lipinski definition) is 1. The van der Waals surface area contributed by atoms with Crippen molar-refractivity contribution in [2.45, 2.75) is 26.2 Å². The molecule has 3 nitrogen and oxygen atoms in total. The Morgan fingerprint density at radius 2 is 2.25 bits per heavy atom. The second-order valence-corrected chi connectivity index (χ2v) is 5.31. The molecule has 0 bridgehead atoms. The summed E-state index contributed by atoms with van der Waals surface area (Å²) in [5, 5.41) is 3.48. The molecule has 1 N–H and O–H groups in total. The van der Waals surface area contributed by atoms with Gasteiger partial charge in [-0.25, -0.2) is 0 Å². The number of piperidine rings is 1. The molecular formula is C13H26N2O. The molecule has 94 valence electrons. The third kappa shape index (κ3) is 3.72. The smallest absolute Gasteiger partial charge is 0.0507 e. The molecule has 2 unspecified atom stereocenters. The van der Waals surface area contributed by atoms with E-state index in [1.807, 2.05) is 0 Å². The van der Waals surface area contributed by atoms with Crippen LogP contribution in [0.2, 0.25) is 0 Å². The molecule has 2 saturated heterocycles. The lowest BCUT2D eigenvalue weighted by atomic mass is 9.96. The van der Waals surface area contributed by atoms with E-state index < -0.39 is 0 Å². The molecule has 0 saturated carbocycles. The van der Waals surface area contributed by atoms with Crippen LogP contribution in [0.15, 0.2) is 0 Å². The Hall–Kier alpha value is -0.120. The summed E-state index contributed by atoms with van der Waals surface area (Å²) in [6, 6.07) is 0. The van der Waals surface area contributed by atoms with Crippen LogP contribution in [0.3, 0.4) is 0 Å². The Bertz CT molecular complexity index is 192. The first-order valence-corrected chi connectivity index (χ1v) is 6.89. The van der Waals surface area contributed by atoms with Crippen molar-refractivity contribution in [1.29, 1.82) is 0 Å². The van der Waals surface area contributed by atoms with Gasteiger partial charge in [-0.3, -0.25) is 0 Å². The molecule has 2 atom stereocenters. The van der Waals surface area contributed by atoms with Crippen LogP contribution in [-0.4, -0.2) is 50.8 Å². The molecule has 2 heterocycles. The molecule has 0 aliphatic carbocycles. The molecule has 3 heteroatoms. The predicted molar refractivity (Wildman–Crippen MR) is 66.6 cm³/mol. The molecule has 2 rings (SSSR count). The highest BCUT2D eigenvalue weighted by atomic mass is 16.5. The lowest BCUT2D eigenvalue weighted by molar-refractivity contribution is 0.134. The van der Waals surface area contributed by atoms with E-state index in [-0.39, 0.29) is 0 Å². The van der Waals surface area contributed by atoms with Crippen LogP contribution in [0.5, 0.6) is 0 Å². The molecule has 0 aromatic carbocycles. The Labute approximate surface area is 99.5 Å². The zero-order valence-corrected chi connectivity index (χ0v) is 10.6. The second-order valence-electron chi connectivity index (χ2n) is 5.31. The van der Waals surface area contributed by atoms with Gasteiger partial charge in [0, 0.05) is 19.7 Å². The van der Waals surface area contributed by atoms with Crippen LogP contribution in [0.4, 0.5) is 0 Å². The van der Waals surface area contributed by atoms with Crippen molar-refractivity contribution in [3.8, 4) is 0 Å². The molecule has 0 spiro atoms. The predicted octanol–water partition coefficient (Wildman–Crippen LogP) is 1.34. The summed E-state index contributed by atoms with van der Waals surface area (Å²) in [7, 11) is 0. The van der Waals surface area contributed by atoms with Gasteiger partial charge in [-0.1, -0.05) is 6.92 Å². The molecular weight excluding hydrogens is 200 g/mol. The fraction of sp³-hybridized carbons (Fsp3) is 1.00. The van der Waals surface area contributed by atoms with Gasteiger partial charge in [0.2, 0.25) is 0 Å². The zero-order chi connectivity index (χ0) is 11.2. The normalized spacial score (nSPS) is 32.1. The third-order valence-electron chi connectivity index (χ3n) is 3.83. The van der Waals surface area contributed by atoms with E-state index in [4.69, 9.17) is 4.74 Å². The number of nitrogens with zero attached hydrogens (tertiary/aromatic N) is 1. The Morgan fingerprint density at radius 3 is 3.00 bits per heavy atom. The number of likely N-dealkylation sites (tertiary alicyclic amines) is 1. The Balaban J connectivity index is 1.68. The first-order valence-electron chi connectivity index (χ1n) is 6.89. The number of rotatable bonds is 5. The molecule has 2 aliphatic rings. The van der Waals surface area contributed by atoms with Crippen molar-refractivity contribution in [3.63, 3.8) is 0 Å². The highest BCUT2D eigenvalue weighted by Gasteiger charge is 2.23. The molecule has 0 radical (unpaired) electrons. The van der Waals surface area contributed by atoms with Crippen molar-refractivity contribution in [1.82, 2.24) is 10.2 Å². The van der Waals surface area contributed by atoms with Crippen molar-refractivity contribution < 1.29 is 4.74 Å². The maximum absolute atomic E-state index is 5.45. The molecule has 0 aromatic heterocycles. The summed E-state index contributed by atoms with van der Waals surface area (Å²) in [4.78, 5) is 2.66. The number of nitrogens with one attached hydrogen (secondary N) is 1. The standard InChI is InChI=1S/C13H26N2O/c1-2-14-8-12-4-3-6-15(9-12)10-13-5-7-16-11-13/h12-14H,2-11H2,1H3. The van der Waals surface area contributed by atoms with Crippen LogP contribution in [0.25, 0.3) is 0 Å². The van der Waals surface area contributed by atoms with Gasteiger partial charge in [-0.05, 0) is 50.7 Å². The SMILES string of the molecule is CCNCC1CCCN(CC2CCOC2)C1. The molecule has 2 fully saturated rings. The van der Waals surface area contributed by atoms with Crippen LogP contribution >= 0.6 is 0 Å². The fourth-order valence-corrected chi connectivity index (χ4v) is 2.92. The van der Waals surface area contributed by atoms with Crippen molar-refractivity contribution in [3.05, 3.63) is 0 Å². The van der Waals surface area contributed by atoms with Gasteiger partial charge in [0.25, 0.3) is 0 Å². The van der Waals surface area contributed by atoms with Crippen molar-refractivity contribution >= 4 is 0 Å². The average Bonchev–Trinajstić information content (AvgIpc) is 2.80. The minimum Gasteiger partial charge on any atom is -0.381 e. The maximum Gasteiger partial charge on any atom is 0.0507 e. The minimum absolute atomic E-state index is 0.804. The van der Waals surface area contributed by atoms with E-state index in [2.05, 4.69) is 17.1 Å². The van der Waals surface area contributed by atoms with E-state index >= 15 is 0 Å². The van der Waals surface area contributed by atoms with Gasteiger partial charge in [0.05, 0.1) is 6.61 Å². The lowest BCUT2D eigenvalue weighted by Gasteiger charge is -2.34. The minimum atomic E-state index is 0.804. The summed E-state index contributed by atoms with van der Waals surface area (Å²) in [6.45, 7) is 10.3. The molecule has 2 aliphatic heterocycles. The Kier molecular flexibility index (Phi) is 5.07. The molecule has 0 amide bonds. The third-order valence-corrected chi connectivity index (χ3v) is 3.83. The molecule has 0 aromatic rings. The van der Waals surface area contributed by atoms with Crippen LogP contribution in [0, 0.1) is 11.8 Å². The van der Waals surface area contributed by atoms with Crippen LogP contribution in [-0.2, 0) is 4.74 Å².